The molecule has 6 nitrogen and oxygen atoms in total. The van der Waals surface area contributed by atoms with Gasteiger partial charge in [-0.05, 0) is 35.7 Å². The van der Waals surface area contributed by atoms with Crippen molar-refractivity contribution in [3.05, 3.63) is 69.4 Å². The minimum Gasteiger partial charge on any atom is -0.505 e. The summed E-state index contributed by atoms with van der Waals surface area (Å²) in [6, 6.07) is 7.74. The number of halogens is 1. The molecule has 0 saturated carbocycles. The number of aryl methyl sites for hydroxylation is 1. The van der Waals surface area contributed by atoms with Gasteiger partial charge in [0.1, 0.15) is 16.9 Å². The van der Waals surface area contributed by atoms with E-state index in [1.54, 1.807) is 18.2 Å². The average molecular weight is 327 g/mol. The number of primary amides is 1. The second kappa shape index (κ2) is 5.77. The first-order valence-corrected chi connectivity index (χ1v) is 7.13. The van der Waals surface area contributed by atoms with Gasteiger partial charge in [0.2, 0.25) is 0 Å². The molecule has 7 heteroatoms. The summed E-state index contributed by atoms with van der Waals surface area (Å²) in [5.74, 6) is -1.84. The summed E-state index contributed by atoms with van der Waals surface area (Å²) in [5.41, 5.74) is 6.12. The van der Waals surface area contributed by atoms with Crippen LogP contribution in [-0.4, -0.2) is 20.6 Å². The number of fused-ring (bicyclic) bond motifs is 1. The highest BCUT2D eigenvalue weighted by Crippen LogP contribution is 2.25. The molecule has 0 saturated heterocycles. The Bertz CT molecular complexity index is 1010. The fourth-order valence-corrected chi connectivity index (χ4v) is 2.59. The molecule has 3 aromatic rings. The second-order valence-corrected chi connectivity index (χ2v) is 5.47. The molecule has 2 heterocycles. The van der Waals surface area contributed by atoms with Crippen molar-refractivity contribution < 1.29 is 14.3 Å². The third kappa shape index (κ3) is 2.60. The van der Waals surface area contributed by atoms with Crippen molar-refractivity contribution >= 4 is 16.9 Å². The van der Waals surface area contributed by atoms with Crippen molar-refractivity contribution in [3.8, 4) is 5.75 Å². The first-order valence-electron chi connectivity index (χ1n) is 7.13. The van der Waals surface area contributed by atoms with Crippen molar-refractivity contribution in [1.82, 2.24) is 9.55 Å². The van der Waals surface area contributed by atoms with Gasteiger partial charge in [0, 0.05) is 13.2 Å². The van der Waals surface area contributed by atoms with E-state index in [1.807, 2.05) is 0 Å². The summed E-state index contributed by atoms with van der Waals surface area (Å²) in [5, 5.41) is 10.1. The Morgan fingerprint density at radius 2 is 1.96 bits per heavy atom. The van der Waals surface area contributed by atoms with Gasteiger partial charge >= 0.3 is 0 Å². The molecule has 0 aliphatic carbocycles. The Labute approximate surface area is 136 Å². The lowest BCUT2D eigenvalue weighted by atomic mass is 10.1. The van der Waals surface area contributed by atoms with Gasteiger partial charge in [-0.25, -0.2) is 4.39 Å². The molecular formula is C17H14FN3O3. The summed E-state index contributed by atoms with van der Waals surface area (Å²) in [6.45, 7) is 0. The Kier molecular flexibility index (Phi) is 3.76. The van der Waals surface area contributed by atoms with E-state index in [0.717, 1.165) is 11.1 Å². The number of rotatable bonds is 3. The van der Waals surface area contributed by atoms with E-state index in [9.17, 15) is 19.1 Å². The fourth-order valence-electron chi connectivity index (χ4n) is 2.59. The molecule has 0 bridgehead atoms. The van der Waals surface area contributed by atoms with Crippen LogP contribution in [0.15, 0.2) is 41.3 Å². The average Bonchev–Trinajstić information content (AvgIpc) is 2.55. The van der Waals surface area contributed by atoms with Crippen LogP contribution in [-0.2, 0) is 13.5 Å². The van der Waals surface area contributed by atoms with E-state index < -0.39 is 22.8 Å². The molecule has 3 rings (SSSR count). The molecule has 0 fully saturated rings. The number of hydrogen-bond acceptors (Lipinski definition) is 4. The maximum Gasteiger partial charge on any atom is 0.267 e. The van der Waals surface area contributed by atoms with Crippen molar-refractivity contribution in [2.24, 2.45) is 12.8 Å². The lowest BCUT2D eigenvalue weighted by Crippen LogP contribution is -2.28. The first kappa shape index (κ1) is 15.7. The number of aromatic nitrogens is 2. The number of carbonyl (C=O) groups excluding carboxylic acids is 1. The highest BCUT2D eigenvalue weighted by molar-refractivity contribution is 6.00. The highest BCUT2D eigenvalue weighted by atomic mass is 19.1. The minimum atomic E-state index is -1.01. The van der Waals surface area contributed by atoms with E-state index in [-0.39, 0.29) is 11.3 Å². The summed E-state index contributed by atoms with van der Waals surface area (Å²) in [7, 11) is 1.47. The lowest BCUT2D eigenvalue weighted by molar-refractivity contribution is 0.0996. The van der Waals surface area contributed by atoms with Crippen LogP contribution < -0.4 is 11.3 Å². The quantitative estimate of drug-likeness (QED) is 0.761. The first-order chi connectivity index (χ1) is 11.4. The van der Waals surface area contributed by atoms with Crippen LogP contribution in [0.5, 0.6) is 5.75 Å². The van der Waals surface area contributed by atoms with Gasteiger partial charge in [0.25, 0.3) is 11.5 Å². The van der Waals surface area contributed by atoms with Crippen molar-refractivity contribution in [3.63, 3.8) is 0 Å². The zero-order valence-electron chi connectivity index (χ0n) is 12.8. The van der Waals surface area contributed by atoms with Crippen LogP contribution in [0.3, 0.4) is 0 Å². The van der Waals surface area contributed by atoms with Gasteiger partial charge in [-0.1, -0.05) is 12.1 Å². The van der Waals surface area contributed by atoms with E-state index in [2.05, 4.69) is 4.98 Å². The predicted molar refractivity (Wildman–Crippen MR) is 86.4 cm³/mol. The molecule has 0 atom stereocenters. The molecule has 3 N–H and O–H groups in total. The topological polar surface area (TPSA) is 98.2 Å². The van der Waals surface area contributed by atoms with Crippen LogP contribution in [0.2, 0.25) is 0 Å². The summed E-state index contributed by atoms with van der Waals surface area (Å²) in [4.78, 5) is 27.7. The number of nitrogens with two attached hydrogens (primary N) is 1. The summed E-state index contributed by atoms with van der Waals surface area (Å²) >= 11 is 0. The number of aromatic hydroxyl groups is 1. The molecule has 0 spiro atoms. The number of benzene rings is 1. The van der Waals surface area contributed by atoms with E-state index in [0.29, 0.717) is 11.9 Å². The van der Waals surface area contributed by atoms with Crippen LogP contribution in [0.4, 0.5) is 4.39 Å². The number of pyridine rings is 2. The normalized spacial score (nSPS) is 10.9. The van der Waals surface area contributed by atoms with Crippen LogP contribution >= 0.6 is 0 Å². The zero-order valence-corrected chi connectivity index (χ0v) is 12.8. The monoisotopic (exact) mass is 327 g/mol. The third-order valence-corrected chi connectivity index (χ3v) is 3.83. The Hall–Kier alpha value is -3.22. The molecule has 0 unspecified atom stereocenters. The fraction of sp³-hybridized carbons (Fsp3) is 0.118. The Balaban J connectivity index is 2.13. The molecule has 2 aromatic heterocycles. The maximum absolute atomic E-state index is 13.0. The van der Waals surface area contributed by atoms with Crippen molar-refractivity contribution in [2.75, 3.05) is 0 Å². The predicted octanol–water partition coefficient (Wildman–Crippen LogP) is 1.47. The van der Waals surface area contributed by atoms with E-state index >= 15 is 0 Å². The molecule has 0 aliphatic heterocycles. The van der Waals surface area contributed by atoms with Gasteiger partial charge in [0.05, 0.1) is 5.52 Å². The van der Waals surface area contributed by atoms with Crippen molar-refractivity contribution in [2.45, 2.75) is 6.42 Å². The Morgan fingerprint density at radius 3 is 2.58 bits per heavy atom. The van der Waals surface area contributed by atoms with E-state index in [1.165, 1.54) is 29.9 Å². The number of amides is 1. The Morgan fingerprint density at radius 1 is 1.29 bits per heavy atom. The smallest absolute Gasteiger partial charge is 0.267 e. The number of hydrogen-bond donors (Lipinski definition) is 2. The zero-order chi connectivity index (χ0) is 17.4. The molecule has 1 aromatic carbocycles. The largest absolute Gasteiger partial charge is 0.505 e. The van der Waals surface area contributed by atoms with Gasteiger partial charge in [-0.15, -0.1) is 0 Å². The molecule has 0 radical (unpaired) electrons. The standard InChI is InChI=1S/C17H14FN3O3/c1-21-12-7-10(6-9-2-4-11(18)5-3-9)8-20-14(12)15(22)13(16(19)23)17(21)24/h2-5,7-8,22H,6H2,1H3,(H2,19,23). The molecular weight excluding hydrogens is 313 g/mol. The van der Waals surface area contributed by atoms with Crippen LogP contribution in [0.25, 0.3) is 11.0 Å². The SMILES string of the molecule is Cn1c(=O)c(C(N)=O)c(O)c2ncc(Cc3ccc(F)cc3)cc21. The number of nitrogens with zero attached hydrogens (tertiary/aromatic N) is 2. The van der Waals surface area contributed by atoms with Crippen molar-refractivity contribution in [1.29, 1.82) is 0 Å². The van der Waals surface area contributed by atoms with Gasteiger partial charge < -0.3 is 15.4 Å². The molecule has 0 aliphatic rings. The molecule has 1 amide bonds. The number of carbonyl (C=O) groups is 1. The van der Waals surface area contributed by atoms with Gasteiger partial charge in [0.15, 0.2) is 5.75 Å². The highest BCUT2D eigenvalue weighted by Gasteiger charge is 2.20. The molecule has 122 valence electrons. The van der Waals surface area contributed by atoms with Gasteiger partial charge in [-0.2, -0.15) is 0 Å². The minimum absolute atomic E-state index is 0.119. The second-order valence-electron chi connectivity index (χ2n) is 5.47. The molecule has 24 heavy (non-hydrogen) atoms. The lowest BCUT2D eigenvalue weighted by Gasteiger charge is -2.11. The van der Waals surface area contributed by atoms with Gasteiger partial charge in [-0.3, -0.25) is 14.6 Å². The van der Waals surface area contributed by atoms with Crippen LogP contribution in [0.1, 0.15) is 21.5 Å². The third-order valence-electron chi connectivity index (χ3n) is 3.83. The summed E-state index contributed by atoms with van der Waals surface area (Å²) < 4.78 is 14.2. The van der Waals surface area contributed by atoms with E-state index in [4.69, 9.17) is 5.73 Å². The van der Waals surface area contributed by atoms with Crippen LogP contribution in [0, 0.1) is 5.82 Å². The summed E-state index contributed by atoms with van der Waals surface area (Å²) in [6.07, 6.45) is 2.01. The maximum atomic E-state index is 13.0.